The molecular formula is C30O30Rh. The summed E-state index contributed by atoms with van der Waals surface area (Å²) in [4.78, 5) is 225. The molecule has 0 aromatic heterocycles. The molecule has 0 amide bonds. The second-order valence-electron chi connectivity index (χ2n) is 0. The number of hydrogen-bond acceptors (Lipinski definition) is 30. The third-order valence-electron chi connectivity index (χ3n) is 0. The topological polar surface area (TPSA) is 512 Å². The molecule has 0 aromatic rings. The summed E-state index contributed by atoms with van der Waals surface area (Å²) < 4.78 is 0. The Morgan fingerprint density at radius 2 is 0.0656 bits per heavy atom. The fraction of sp³-hybridized carbons (Fsp3) is 0. The summed E-state index contributed by atoms with van der Waals surface area (Å²) in [5, 5.41) is 0. The summed E-state index contributed by atoms with van der Waals surface area (Å²) in [6.07, 6.45) is 0. The first-order valence-electron chi connectivity index (χ1n) is 6.12. The van der Waals surface area contributed by atoms with Crippen LogP contribution in [0.25, 0.3) is 0 Å². The van der Waals surface area contributed by atoms with Crippen molar-refractivity contribution in [3.05, 3.63) is 0 Å². The van der Waals surface area contributed by atoms with E-state index in [-0.39, 0.29) is 19.5 Å². The van der Waals surface area contributed by atoms with E-state index in [1.807, 2.05) is 0 Å². The molecule has 30 nitrogen and oxygen atoms in total. The van der Waals surface area contributed by atoms with Gasteiger partial charge in [-0.05, 0) is 0 Å². The molecule has 0 spiro atoms. The van der Waals surface area contributed by atoms with Crippen LogP contribution in [0.5, 0.6) is 0 Å². The van der Waals surface area contributed by atoms with Crippen molar-refractivity contribution in [3.63, 3.8) is 0 Å². The van der Waals surface area contributed by atoms with Crippen molar-refractivity contribution in [1.82, 2.24) is 0 Å². The van der Waals surface area contributed by atoms with E-state index in [0.29, 0.717) is 0 Å². The first kappa shape index (κ1) is 310. The van der Waals surface area contributed by atoms with E-state index in [9.17, 15) is 0 Å². The maximum Gasteiger partial charge on any atom is 0.281 e. The summed E-state index contributed by atoms with van der Waals surface area (Å²) in [5.41, 5.74) is 0. The van der Waals surface area contributed by atoms with Gasteiger partial charge in [0.15, 0.2) is 0 Å². The van der Waals surface area contributed by atoms with E-state index in [2.05, 4.69) is 204 Å². The Hall–Kier alpha value is -9.28. The van der Waals surface area contributed by atoms with Crippen LogP contribution in [0.3, 0.4) is 0 Å². The van der Waals surface area contributed by atoms with E-state index >= 15 is 0 Å². The molecule has 0 aromatic carbocycles. The molecule has 0 aliphatic rings. The molecule has 309 valence electrons. The number of hydrogen-bond donors (Lipinski definition) is 0. The Labute approximate surface area is 366 Å². The third-order valence-corrected chi connectivity index (χ3v) is 0. The van der Waals surface area contributed by atoms with E-state index in [4.69, 9.17) is 144 Å². The minimum absolute atomic E-state index is 0. The van der Waals surface area contributed by atoms with Gasteiger partial charge in [-0.15, -0.1) is 0 Å². The normalized spacial score (nSPS) is 1.97. The maximum atomic E-state index is 7.50. The van der Waals surface area contributed by atoms with E-state index in [1.54, 1.807) is 0 Å². The monoisotopic (exact) mass is 943 g/mol. The molecule has 31 heteroatoms. The fourth-order valence-corrected chi connectivity index (χ4v) is 0. The average Bonchev–Trinajstić information content (AvgIpc) is 3.50. The fourth-order valence-electron chi connectivity index (χ4n) is 0. The zero-order valence-electron chi connectivity index (χ0n) is 27.6. The molecular weight excluding hydrogens is 943 g/mol. The first-order valence-corrected chi connectivity index (χ1v) is 6.12. The molecule has 0 saturated heterocycles. The molecule has 0 aliphatic carbocycles. The third kappa shape index (κ3) is 1400. The predicted octanol–water partition coefficient (Wildman–Crippen LogP) is -11.9. The van der Waals surface area contributed by atoms with Crippen molar-refractivity contribution in [2.45, 2.75) is 0 Å². The zero-order valence-corrected chi connectivity index (χ0v) is 29.2. The van der Waals surface area contributed by atoms with Crippen LogP contribution in [-0.2, 0) is 163 Å². The van der Waals surface area contributed by atoms with Crippen LogP contribution >= 0.6 is 0 Å². The molecule has 0 saturated carbocycles. The second-order valence-corrected chi connectivity index (χ2v) is 0. The van der Waals surface area contributed by atoms with Gasteiger partial charge in [0.05, 0.1) is 0 Å². The van der Waals surface area contributed by atoms with Crippen molar-refractivity contribution < 1.29 is 163 Å². The van der Waals surface area contributed by atoms with Gasteiger partial charge in [-0.3, -0.25) is 144 Å². The Morgan fingerprint density at radius 3 is 0.0656 bits per heavy atom. The van der Waals surface area contributed by atoms with Gasteiger partial charge in [0.25, 0.3) is 204 Å². The summed E-state index contributed by atoms with van der Waals surface area (Å²) >= 11 is 0. The first-order chi connectivity index (χ1) is 30.0. The van der Waals surface area contributed by atoms with Crippen LogP contribution in [0, 0.1) is 0 Å². The molecule has 0 atom stereocenters. The molecule has 0 rings (SSSR count). The summed E-state index contributed by atoms with van der Waals surface area (Å²) in [6, 6.07) is 0. The molecule has 61 radical (unpaired) electrons. The van der Waals surface area contributed by atoms with Crippen LogP contribution in [-0.4, -0.2) is 204 Å². The van der Waals surface area contributed by atoms with Crippen molar-refractivity contribution >= 4 is 204 Å². The Bertz CT molecular complexity index is 215. The minimum Gasteiger partial charge on any atom is -0.281 e. The summed E-state index contributed by atoms with van der Waals surface area (Å²) in [5.74, 6) is 0. The Kier molecular flexibility index (Phi) is 7400. The summed E-state index contributed by atoms with van der Waals surface area (Å²) in [6.45, 7) is 135. The molecule has 0 heterocycles. The van der Waals surface area contributed by atoms with Crippen LogP contribution < -0.4 is 0 Å². The van der Waals surface area contributed by atoms with Crippen LogP contribution in [0.1, 0.15) is 0 Å². The average molecular weight is 943 g/mol. The van der Waals surface area contributed by atoms with Crippen molar-refractivity contribution in [2.75, 3.05) is 0 Å². The largest absolute Gasteiger partial charge is 0.281 e. The van der Waals surface area contributed by atoms with Gasteiger partial charge in [-0.1, -0.05) is 0 Å². The molecule has 0 bridgehead atoms. The van der Waals surface area contributed by atoms with Crippen LogP contribution in [0.15, 0.2) is 0 Å². The number of carbonyl (C=O) groups excluding carboxylic acids is 30. The summed E-state index contributed by atoms with van der Waals surface area (Å²) in [7, 11) is 0. The number of rotatable bonds is 0. The Balaban J connectivity index is -0.00000000526. The van der Waals surface area contributed by atoms with Gasteiger partial charge < -0.3 is 0 Å². The molecule has 0 aliphatic heterocycles. The SMILES string of the molecule is [C]=O.[C]=O.[C]=O.[C]=O.[C]=O.[C]=O.[C]=O.[C]=O.[C]=O.[C]=O.[C]=O.[C]=O.[C]=O.[C]=O.[C]=O.[C]=O.[C]=O.[C]=O.[C]=O.[C]=O.[C]=O.[C]=O.[C]=O.[C]=O.[C]=O.[C]=O.[C]=O.[C]=O.[C]=O.[C]=O.[Rh]. The molecule has 0 fully saturated rings. The van der Waals surface area contributed by atoms with Crippen LogP contribution in [0.4, 0.5) is 0 Å². The second kappa shape index (κ2) is 1460. The smallest absolute Gasteiger partial charge is 0.281 e. The van der Waals surface area contributed by atoms with Crippen molar-refractivity contribution in [2.24, 2.45) is 0 Å². The molecule has 0 unspecified atom stereocenters. The van der Waals surface area contributed by atoms with Crippen molar-refractivity contribution in [1.29, 1.82) is 0 Å². The zero-order chi connectivity index (χ0) is 60.0. The minimum atomic E-state index is 0. The van der Waals surface area contributed by atoms with E-state index in [0.717, 1.165) is 0 Å². The maximum absolute atomic E-state index is 7.50. The van der Waals surface area contributed by atoms with Gasteiger partial charge in [-0.25, -0.2) is 0 Å². The molecule has 0 N–H and O–H groups in total. The van der Waals surface area contributed by atoms with Gasteiger partial charge in [0.1, 0.15) is 0 Å². The van der Waals surface area contributed by atoms with Gasteiger partial charge >= 0.3 is 0 Å². The van der Waals surface area contributed by atoms with E-state index in [1.165, 1.54) is 0 Å². The quantitative estimate of drug-likeness (QED) is 0.203. The predicted molar refractivity (Wildman–Crippen MR) is 171 cm³/mol. The van der Waals surface area contributed by atoms with Gasteiger partial charge in [0.2, 0.25) is 0 Å². The van der Waals surface area contributed by atoms with E-state index < -0.39 is 0 Å². The standard InChI is InChI=1S/30CO.Rh/c30*1-2;. The molecule has 61 heavy (non-hydrogen) atoms. The van der Waals surface area contributed by atoms with Gasteiger partial charge in [0, 0.05) is 19.5 Å². The Morgan fingerprint density at radius 1 is 0.0656 bits per heavy atom. The van der Waals surface area contributed by atoms with Crippen LogP contribution in [0.2, 0.25) is 0 Å². The van der Waals surface area contributed by atoms with Crippen molar-refractivity contribution in [3.8, 4) is 0 Å². The van der Waals surface area contributed by atoms with Gasteiger partial charge in [-0.2, -0.15) is 0 Å².